The van der Waals surface area contributed by atoms with E-state index >= 15 is 0 Å². The van der Waals surface area contributed by atoms with Gasteiger partial charge in [-0.1, -0.05) is 12.1 Å². The van der Waals surface area contributed by atoms with Crippen LogP contribution in [0.4, 0.5) is 13.2 Å². The van der Waals surface area contributed by atoms with Gasteiger partial charge < -0.3 is 10.0 Å². The number of benzene rings is 1. The number of aromatic nitrogens is 2. The van der Waals surface area contributed by atoms with Crippen LogP contribution in [0.3, 0.4) is 0 Å². The number of nitrogens with zero attached hydrogens (tertiary/aromatic N) is 2. The van der Waals surface area contributed by atoms with Gasteiger partial charge in [-0.2, -0.15) is 18.3 Å². The van der Waals surface area contributed by atoms with E-state index in [4.69, 9.17) is 10.0 Å². The topological polar surface area (TPSA) is 58.3 Å². The fourth-order valence-corrected chi connectivity index (χ4v) is 1.54. The van der Waals surface area contributed by atoms with E-state index in [1.165, 1.54) is 24.4 Å². The average molecular weight is 244 g/mol. The van der Waals surface area contributed by atoms with Gasteiger partial charge in [0.15, 0.2) is 0 Å². The number of halogens is 3. The Labute approximate surface area is 94.4 Å². The Bertz CT molecular complexity index is 539. The highest BCUT2D eigenvalue weighted by atomic mass is 19.4. The Kier molecular flexibility index (Phi) is 2.84. The molecule has 2 rings (SSSR count). The molecule has 1 heterocycles. The average Bonchev–Trinajstić information content (AvgIpc) is 2.58. The third kappa shape index (κ3) is 2.59. The molecule has 0 unspecified atom stereocenters. The van der Waals surface area contributed by atoms with Gasteiger partial charge >= 0.3 is 13.3 Å². The van der Waals surface area contributed by atoms with Gasteiger partial charge in [0, 0.05) is 5.39 Å². The summed E-state index contributed by atoms with van der Waals surface area (Å²) in [5.41, 5.74) is 0.342. The predicted octanol–water partition coefficient (Wildman–Crippen LogP) is 0.278. The van der Waals surface area contributed by atoms with Gasteiger partial charge in [-0.05, 0) is 11.5 Å². The summed E-state index contributed by atoms with van der Waals surface area (Å²) in [6.45, 7) is -1.21. The van der Waals surface area contributed by atoms with Crippen molar-refractivity contribution in [3.05, 3.63) is 24.4 Å². The summed E-state index contributed by atoms with van der Waals surface area (Å²) in [4.78, 5) is 0. The van der Waals surface area contributed by atoms with E-state index in [2.05, 4.69) is 5.10 Å². The molecule has 17 heavy (non-hydrogen) atoms. The van der Waals surface area contributed by atoms with Crippen molar-refractivity contribution in [1.82, 2.24) is 9.78 Å². The van der Waals surface area contributed by atoms with Crippen LogP contribution in [0.15, 0.2) is 24.4 Å². The van der Waals surface area contributed by atoms with Crippen molar-refractivity contribution in [1.29, 1.82) is 0 Å². The summed E-state index contributed by atoms with van der Waals surface area (Å²) in [5.74, 6) is 0. The molecule has 0 saturated heterocycles. The summed E-state index contributed by atoms with van der Waals surface area (Å²) in [5, 5.41) is 22.0. The van der Waals surface area contributed by atoms with Crippen molar-refractivity contribution in [3.63, 3.8) is 0 Å². The Morgan fingerprint density at radius 1 is 1.29 bits per heavy atom. The zero-order valence-corrected chi connectivity index (χ0v) is 8.52. The van der Waals surface area contributed by atoms with Crippen molar-refractivity contribution in [2.75, 3.05) is 0 Å². The molecular formula is C9H8BF3N2O2. The molecule has 0 radical (unpaired) electrons. The second kappa shape index (κ2) is 4.04. The number of hydrogen-bond donors (Lipinski definition) is 2. The minimum Gasteiger partial charge on any atom is -0.423 e. The number of hydrogen-bond acceptors (Lipinski definition) is 3. The van der Waals surface area contributed by atoms with Crippen molar-refractivity contribution >= 4 is 23.5 Å². The summed E-state index contributed by atoms with van der Waals surface area (Å²) < 4.78 is 37.5. The smallest absolute Gasteiger partial charge is 0.423 e. The predicted molar refractivity (Wildman–Crippen MR) is 55.6 cm³/mol. The third-order valence-electron chi connectivity index (χ3n) is 2.30. The first-order chi connectivity index (χ1) is 7.87. The summed E-state index contributed by atoms with van der Waals surface area (Å²) in [7, 11) is -1.71. The van der Waals surface area contributed by atoms with Gasteiger partial charge in [0.2, 0.25) is 0 Å². The maximum atomic E-state index is 12.2. The molecule has 0 bridgehead atoms. The van der Waals surface area contributed by atoms with Crippen LogP contribution in [0.2, 0.25) is 0 Å². The van der Waals surface area contributed by atoms with E-state index in [0.717, 1.165) is 4.68 Å². The van der Waals surface area contributed by atoms with Crippen molar-refractivity contribution in [2.45, 2.75) is 12.7 Å². The largest absolute Gasteiger partial charge is 0.488 e. The highest BCUT2D eigenvalue weighted by Gasteiger charge is 2.29. The second-order valence-electron chi connectivity index (χ2n) is 3.61. The standard InChI is InChI=1S/C9H8BF3N2O2/c11-9(12,13)5-15-8-3-7(10(16)17)2-1-6(8)4-14-15/h1-4,16-17H,5H2. The van der Waals surface area contributed by atoms with Gasteiger partial charge in [-0.25, -0.2) is 0 Å². The molecule has 0 amide bonds. The van der Waals surface area contributed by atoms with Crippen LogP contribution in [0.5, 0.6) is 0 Å². The summed E-state index contributed by atoms with van der Waals surface area (Å²) >= 11 is 0. The highest BCUT2D eigenvalue weighted by molar-refractivity contribution is 6.58. The first-order valence-corrected chi connectivity index (χ1v) is 4.75. The van der Waals surface area contributed by atoms with E-state index in [1.54, 1.807) is 0 Å². The summed E-state index contributed by atoms with van der Waals surface area (Å²) in [6, 6.07) is 4.19. The molecule has 2 aromatic rings. The van der Waals surface area contributed by atoms with Crippen molar-refractivity contribution in [2.24, 2.45) is 0 Å². The second-order valence-corrected chi connectivity index (χ2v) is 3.61. The molecule has 90 valence electrons. The van der Waals surface area contributed by atoms with Gasteiger partial charge in [-0.15, -0.1) is 0 Å². The Morgan fingerprint density at radius 2 is 2.00 bits per heavy atom. The van der Waals surface area contributed by atoms with Crippen LogP contribution in [-0.2, 0) is 6.54 Å². The lowest BCUT2D eigenvalue weighted by Gasteiger charge is -2.08. The molecule has 0 aliphatic carbocycles. The van der Waals surface area contributed by atoms with E-state index in [-0.39, 0.29) is 11.0 Å². The molecular weight excluding hydrogens is 236 g/mol. The van der Waals surface area contributed by atoms with Crippen LogP contribution >= 0.6 is 0 Å². The summed E-state index contributed by atoms with van der Waals surface area (Å²) in [6.07, 6.45) is -3.07. The number of alkyl halides is 3. The van der Waals surface area contributed by atoms with Gasteiger partial charge in [0.1, 0.15) is 6.54 Å². The maximum Gasteiger partial charge on any atom is 0.488 e. The fourth-order valence-electron chi connectivity index (χ4n) is 1.54. The monoisotopic (exact) mass is 244 g/mol. The number of fused-ring (bicyclic) bond motifs is 1. The zero-order valence-electron chi connectivity index (χ0n) is 8.52. The van der Waals surface area contributed by atoms with E-state index in [0.29, 0.717) is 5.39 Å². The van der Waals surface area contributed by atoms with Crippen LogP contribution in [0.1, 0.15) is 0 Å². The van der Waals surface area contributed by atoms with E-state index < -0.39 is 19.8 Å². The van der Waals surface area contributed by atoms with Gasteiger partial charge in [0.05, 0.1) is 11.7 Å². The Balaban J connectivity index is 2.47. The minimum absolute atomic E-state index is 0.126. The lowest BCUT2D eigenvalue weighted by molar-refractivity contribution is -0.141. The quantitative estimate of drug-likeness (QED) is 0.746. The molecule has 1 aromatic carbocycles. The normalized spacial score (nSPS) is 12.1. The first-order valence-electron chi connectivity index (χ1n) is 4.75. The lowest BCUT2D eigenvalue weighted by Crippen LogP contribution is -2.29. The SMILES string of the molecule is OB(O)c1ccc2cnn(CC(F)(F)F)c2c1. The van der Waals surface area contributed by atoms with Crippen molar-refractivity contribution in [3.8, 4) is 0 Å². The maximum absolute atomic E-state index is 12.2. The molecule has 0 aliphatic rings. The highest BCUT2D eigenvalue weighted by Crippen LogP contribution is 2.20. The van der Waals surface area contributed by atoms with Gasteiger partial charge in [-0.3, -0.25) is 4.68 Å². The molecule has 0 spiro atoms. The van der Waals surface area contributed by atoms with E-state index in [1.807, 2.05) is 0 Å². The van der Waals surface area contributed by atoms with E-state index in [9.17, 15) is 13.2 Å². The van der Waals surface area contributed by atoms with Crippen LogP contribution in [-0.4, -0.2) is 33.1 Å². The molecule has 0 saturated carbocycles. The van der Waals surface area contributed by atoms with Crippen LogP contribution in [0, 0.1) is 0 Å². The zero-order chi connectivity index (χ0) is 12.6. The van der Waals surface area contributed by atoms with Crippen molar-refractivity contribution < 1.29 is 23.2 Å². The molecule has 8 heteroatoms. The molecule has 4 nitrogen and oxygen atoms in total. The minimum atomic E-state index is -4.37. The van der Waals surface area contributed by atoms with Gasteiger partial charge in [0.25, 0.3) is 0 Å². The third-order valence-corrected chi connectivity index (χ3v) is 2.30. The fraction of sp³-hybridized carbons (Fsp3) is 0.222. The number of rotatable bonds is 2. The molecule has 0 atom stereocenters. The molecule has 0 aliphatic heterocycles. The molecule has 2 N–H and O–H groups in total. The lowest BCUT2D eigenvalue weighted by atomic mass is 9.80. The Hall–Kier alpha value is -1.54. The molecule has 0 fully saturated rings. The van der Waals surface area contributed by atoms with Crippen LogP contribution in [0.25, 0.3) is 10.9 Å². The Morgan fingerprint density at radius 3 is 2.59 bits per heavy atom. The first kappa shape index (κ1) is 11.9. The van der Waals surface area contributed by atoms with Crippen LogP contribution < -0.4 is 5.46 Å². The molecule has 1 aromatic heterocycles.